The quantitative estimate of drug-likeness (QED) is 0.748. The lowest BCUT2D eigenvalue weighted by Crippen LogP contribution is -2.43. The van der Waals surface area contributed by atoms with E-state index in [9.17, 15) is 5.11 Å². The SMILES string of the molecule is Cc1cc(OC[C@H](O)CN(C(C)C)C(C)C)c(C(C)C)cc1Cl. The molecule has 0 aliphatic rings. The summed E-state index contributed by atoms with van der Waals surface area (Å²) in [6.07, 6.45) is -0.518. The second-order valence-corrected chi connectivity index (χ2v) is 7.55. The Morgan fingerprint density at radius 1 is 1.09 bits per heavy atom. The summed E-state index contributed by atoms with van der Waals surface area (Å²) in [5.74, 6) is 1.14. The smallest absolute Gasteiger partial charge is 0.123 e. The molecule has 132 valence electrons. The third kappa shape index (κ3) is 5.98. The number of hydrogen-bond donors (Lipinski definition) is 1. The Morgan fingerprint density at radius 2 is 1.65 bits per heavy atom. The number of hydrogen-bond acceptors (Lipinski definition) is 3. The topological polar surface area (TPSA) is 32.7 Å². The molecule has 0 saturated heterocycles. The third-order valence-corrected chi connectivity index (χ3v) is 4.50. The zero-order chi connectivity index (χ0) is 17.7. The molecule has 1 rings (SSSR count). The van der Waals surface area contributed by atoms with Crippen molar-refractivity contribution in [2.75, 3.05) is 13.2 Å². The molecule has 0 aliphatic carbocycles. The molecule has 1 N–H and O–H groups in total. The van der Waals surface area contributed by atoms with Gasteiger partial charge >= 0.3 is 0 Å². The molecule has 0 aromatic heterocycles. The fourth-order valence-electron chi connectivity index (χ4n) is 2.75. The average Bonchev–Trinajstić information content (AvgIpc) is 2.44. The lowest BCUT2D eigenvalue weighted by atomic mass is 10.0. The summed E-state index contributed by atoms with van der Waals surface area (Å²) in [7, 11) is 0. The van der Waals surface area contributed by atoms with Crippen molar-refractivity contribution in [2.45, 2.75) is 72.6 Å². The number of halogens is 1. The molecule has 0 fully saturated rings. The van der Waals surface area contributed by atoms with Crippen LogP contribution in [0.4, 0.5) is 0 Å². The summed E-state index contributed by atoms with van der Waals surface area (Å²) in [6.45, 7) is 15.7. The van der Waals surface area contributed by atoms with Crippen molar-refractivity contribution in [3.63, 3.8) is 0 Å². The lowest BCUT2D eigenvalue weighted by molar-refractivity contribution is 0.0442. The highest BCUT2D eigenvalue weighted by Crippen LogP contribution is 2.32. The molecule has 0 heterocycles. The van der Waals surface area contributed by atoms with Crippen molar-refractivity contribution in [1.29, 1.82) is 0 Å². The van der Waals surface area contributed by atoms with E-state index in [1.165, 1.54) is 0 Å². The van der Waals surface area contributed by atoms with Crippen LogP contribution in [0.15, 0.2) is 12.1 Å². The van der Waals surface area contributed by atoms with Gasteiger partial charge in [0.15, 0.2) is 0 Å². The lowest BCUT2D eigenvalue weighted by Gasteiger charge is -2.32. The van der Waals surface area contributed by atoms with Crippen molar-refractivity contribution in [3.05, 3.63) is 28.3 Å². The van der Waals surface area contributed by atoms with Crippen molar-refractivity contribution in [1.82, 2.24) is 4.90 Å². The van der Waals surface area contributed by atoms with Crippen LogP contribution in [0.3, 0.4) is 0 Å². The Balaban J connectivity index is 2.76. The van der Waals surface area contributed by atoms with Crippen LogP contribution in [-0.2, 0) is 0 Å². The van der Waals surface area contributed by atoms with Crippen LogP contribution in [0.5, 0.6) is 5.75 Å². The first kappa shape index (κ1) is 20.3. The standard InChI is InChI=1S/C19H32ClNO2/c1-12(2)17-9-18(20)15(7)8-19(17)23-11-16(22)10-21(13(3)4)14(5)6/h8-9,12-14,16,22H,10-11H2,1-7H3/t16-/m1/s1. The van der Waals surface area contributed by atoms with E-state index >= 15 is 0 Å². The normalized spacial score (nSPS) is 13.4. The van der Waals surface area contributed by atoms with Crippen LogP contribution in [0.25, 0.3) is 0 Å². The maximum absolute atomic E-state index is 10.3. The molecule has 0 amide bonds. The van der Waals surface area contributed by atoms with E-state index in [0.29, 0.717) is 24.5 Å². The van der Waals surface area contributed by atoms with Gasteiger partial charge in [-0.15, -0.1) is 0 Å². The molecule has 0 bridgehead atoms. The van der Waals surface area contributed by atoms with Crippen molar-refractivity contribution in [2.24, 2.45) is 0 Å². The Labute approximate surface area is 146 Å². The summed E-state index contributed by atoms with van der Waals surface area (Å²) in [4.78, 5) is 2.27. The van der Waals surface area contributed by atoms with E-state index in [0.717, 1.165) is 21.9 Å². The van der Waals surface area contributed by atoms with E-state index in [1.54, 1.807) is 0 Å². The number of nitrogens with zero attached hydrogens (tertiary/aromatic N) is 1. The van der Waals surface area contributed by atoms with Gasteiger partial charge in [0, 0.05) is 23.7 Å². The van der Waals surface area contributed by atoms with Crippen molar-refractivity contribution in [3.8, 4) is 5.75 Å². The predicted octanol–water partition coefficient (Wildman–Crippen LogP) is 4.63. The molecule has 0 saturated carbocycles. The third-order valence-electron chi connectivity index (χ3n) is 4.09. The highest BCUT2D eigenvalue weighted by molar-refractivity contribution is 6.31. The molecule has 3 nitrogen and oxygen atoms in total. The van der Waals surface area contributed by atoms with Crippen molar-refractivity contribution < 1.29 is 9.84 Å². The minimum Gasteiger partial charge on any atom is -0.491 e. The number of aliphatic hydroxyl groups excluding tert-OH is 1. The number of aliphatic hydroxyl groups is 1. The zero-order valence-corrected chi connectivity index (χ0v) is 16.3. The second kappa shape index (κ2) is 8.91. The number of rotatable bonds is 8. The minimum absolute atomic E-state index is 0.288. The monoisotopic (exact) mass is 341 g/mol. The maximum atomic E-state index is 10.3. The molecule has 4 heteroatoms. The van der Waals surface area contributed by atoms with Gasteiger partial charge in [0.1, 0.15) is 18.5 Å². The number of benzene rings is 1. The number of aryl methyl sites for hydroxylation is 1. The maximum Gasteiger partial charge on any atom is 0.123 e. The average molecular weight is 342 g/mol. The molecule has 0 radical (unpaired) electrons. The second-order valence-electron chi connectivity index (χ2n) is 7.14. The molecular formula is C19H32ClNO2. The molecule has 1 aromatic carbocycles. The summed E-state index contributed by atoms with van der Waals surface area (Å²) >= 11 is 6.22. The summed E-state index contributed by atoms with van der Waals surface area (Å²) < 4.78 is 5.92. The van der Waals surface area contributed by atoms with Gasteiger partial charge in [0.05, 0.1) is 0 Å². The number of ether oxygens (including phenoxy) is 1. The summed E-state index contributed by atoms with van der Waals surface area (Å²) in [5, 5.41) is 11.1. The van der Waals surface area contributed by atoms with Gasteiger partial charge in [0.2, 0.25) is 0 Å². The molecule has 0 unspecified atom stereocenters. The first-order valence-corrected chi connectivity index (χ1v) is 8.87. The first-order chi connectivity index (χ1) is 10.6. The predicted molar refractivity (Wildman–Crippen MR) is 98.8 cm³/mol. The van der Waals surface area contributed by atoms with E-state index < -0.39 is 6.10 Å². The Morgan fingerprint density at radius 3 is 2.13 bits per heavy atom. The van der Waals surface area contributed by atoms with Crippen LogP contribution in [0.2, 0.25) is 5.02 Å². The minimum atomic E-state index is -0.518. The Hall–Kier alpha value is -0.770. The van der Waals surface area contributed by atoms with Crippen LogP contribution in [-0.4, -0.2) is 41.3 Å². The highest BCUT2D eigenvalue weighted by atomic mass is 35.5. The summed E-state index contributed by atoms with van der Waals surface area (Å²) in [6, 6.07) is 4.73. The summed E-state index contributed by atoms with van der Waals surface area (Å²) in [5.41, 5.74) is 2.07. The van der Waals surface area contributed by atoms with Gasteiger partial charge in [-0.1, -0.05) is 25.4 Å². The molecule has 1 atom stereocenters. The largest absolute Gasteiger partial charge is 0.491 e. The van der Waals surface area contributed by atoms with Gasteiger partial charge in [-0.25, -0.2) is 0 Å². The molecule has 0 aliphatic heterocycles. The fraction of sp³-hybridized carbons (Fsp3) is 0.684. The Kier molecular flexibility index (Phi) is 7.85. The molecule has 23 heavy (non-hydrogen) atoms. The Bertz CT molecular complexity index is 492. The van der Waals surface area contributed by atoms with E-state index in [1.807, 2.05) is 19.1 Å². The first-order valence-electron chi connectivity index (χ1n) is 8.50. The van der Waals surface area contributed by atoms with E-state index in [-0.39, 0.29) is 6.61 Å². The van der Waals surface area contributed by atoms with Crippen molar-refractivity contribution >= 4 is 11.6 Å². The van der Waals surface area contributed by atoms with Crippen LogP contribution in [0, 0.1) is 6.92 Å². The van der Waals surface area contributed by atoms with Gasteiger partial charge in [-0.2, -0.15) is 0 Å². The van der Waals surface area contributed by atoms with Crippen LogP contribution < -0.4 is 4.74 Å². The van der Waals surface area contributed by atoms with Gasteiger partial charge < -0.3 is 9.84 Å². The van der Waals surface area contributed by atoms with Gasteiger partial charge in [-0.3, -0.25) is 4.90 Å². The zero-order valence-electron chi connectivity index (χ0n) is 15.6. The molecule has 1 aromatic rings. The molecule has 0 spiro atoms. The van der Waals surface area contributed by atoms with Gasteiger partial charge in [-0.05, 0) is 63.8 Å². The van der Waals surface area contributed by atoms with Crippen LogP contribution in [0.1, 0.15) is 58.6 Å². The van der Waals surface area contributed by atoms with Crippen LogP contribution >= 0.6 is 11.6 Å². The van der Waals surface area contributed by atoms with E-state index in [4.69, 9.17) is 16.3 Å². The van der Waals surface area contributed by atoms with Gasteiger partial charge in [0.25, 0.3) is 0 Å². The fourth-order valence-corrected chi connectivity index (χ4v) is 2.92. The highest BCUT2D eigenvalue weighted by Gasteiger charge is 2.19. The van der Waals surface area contributed by atoms with E-state index in [2.05, 4.69) is 46.4 Å². The molecular weight excluding hydrogens is 310 g/mol.